The fraction of sp³-hybridized carbons (Fsp3) is 0.306. The van der Waals surface area contributed by atoms with Gasteiger partial charge in [0, 0.05) is 54.8 Å². The Morgan fingerprint density at radius 2 is 1.14 bits per heavy atom. The van der Waals surface area contributed by atoms with Gasteiger partial charge >= 0.3 is 6.85 Å². The molecule has 4 aliphatic carbocycles. The lowest BCUT2D eigenvalue weighted by molar-refractivity contribution is 0.149. The van der Waals surface area contributed by atoms with Gasteiger partial charge in [0.2, 0.25) is 0 Å². The first-order valence-electron chi connectivity index (χ1n) is 29.3. The van der Waals surface area contributed by atoms with Crippen LogP contribution in [0.3, 0.4) is 0 Å². The van der Waals surface area contributed by atoms with Gasteiger partial charge in [-0.2, -0.15) is 0 Å². The number of fused-ring (bicyclic) bond motifs is 17. The molecule has 11 aromatic rings. The van der Waals surface area contributed by atoms with Crippen LogP contribution >= 0.6 is 0 Å². The molecule has 2 aliphatic heterocycles. The molecule has 2 aromatic heterocycles. The number of aromatic nitrogens is 1. The minimum atomic E-state index is -0.102. The first-order valence-corrected chi connectivity index (χ1v) is 29.3. The van der Waals surface area contributed by atoms with E-state index < -0.39 is 0 Å². The van der Waals surface area contributed by atoms with E-state index in [4.69, 9.17) is 4.42 Å². The van der Waals surface area contributed by atoms with Crippen LogP contribution in [-0.2, 0) is 16.2 Å². The van der Waals surface area contributed by atoms with Gasteiger partial charge in [0.15, 0.2) is 0 Å². The van der Waals surface area contributed by atoms with E-state index in [2.05, 4.69) is 188 Å². The van der Waals surface area contributed by atoms with Crippen LogP contribution in [0.5, 0.6) is 0 Å². The molecule has 4 heterocycles. The summed E-state index contributed by atoms with van der Waals surface area (Å²) in [6.07, 6.45) is 19.0. The highest BCUT2D eigenvalue weighted by atomic mass is 16.3. The first kappa shape index (κ1) is 44.1. The maximum Gasteiger partial charge on any atom is 0.333 e. The van der Waals surface area contributed by atoms with Crippen LogP contribution < -0.4 is 15.8 Å². The molecular formula is C72H65BN2O. The molecule has 0 spiro atoms. The number of hydrogen-bond donors (Lipinski definition) is 0. The fourth-order valence-corrected chi connectivity index (χ4v) is 17.3. The number of furan rings is 1. The van der Waals surface area contributed by atoms with Crippen LogP contribution in [0.2, 0.25) is 0 Å². The van der Waals surface area contributed by atoms with Crippen LogP contribution in [0.25, 0.3) is 87.5 Å². The Balaban J connectivity index is 1.03. The van der Waals surface area contributed by atoms with E-state index in [0.29, 0.717) is 0 Å². The molecule has 3 nitrogen and oxygen atoms in total. The predicted octanol–water partition coefficient (Wildman–Crippen LogP) is 18.6. The van der Waals surface area contributed by atoms with Crippen molar-refractivity contribution < 1.29 is 4.42 Å². The zero-order chi connectivity index (χ0) is 50.2. The van der Waals surface area contributed by atoms with Crippen molar-refractivity contribution in [2.24, 2.45) is 11.8 Å². The summed E-state index contributed by atoms with van der Waals surface area (Å²) in [5.74, 6) is 1.71. The number of hydrogen-bond acceptors (Lipinski definition) is 2. The summed E-state index contributed by atoms with van der Waals surface area (Å²) in [5.41, 5.74) is 21.4. The summed E-state index contributed by atoms with van der Waals surface area (Å²) in [4.78, 5) is 2.71. The predicted molar refractivity (Wildman–Crippen MR) is 321 cm³/mol. The summed E-state index contributed by atoms with van der Waals surface area (Å²) in [5, 5.41) is 10.3. The minimum absolute atomic E-state index is 0.0379. The van der Waals surface area contributed by atoms with Crippen molar-refractivity contribution in [3.05, 3.63) is 174 Å². The fourth-order valence-electron chi connectivity index (χ4n) is 17.3. The molecule has 0 amide bonds. The topological polar surface area (TPSA) is 21.3 Å². The van der Waals surface area contributed by atoms with Gasteiger partial charge in [-0.05, 0) is 188 Å². The van der Waals surface area contributed by atoms with Crippen molar-refractivity contribution in [2.75, 3.05) is 4.90 Å². The average Bonchev–Trinajstić information content (AvgIpc) is 4.13. The lowest BCUT2D eigenvalue weighted by Crippen LogP contribution is -2.56. The number of benzene rings is 9. The average molecular weight is 985 g/mol. The molecule has 4 fully saturated rings. The second kappa shape index (κ2) is 15.8. The second-order valence-electron chi connectivity index (χ2n) is 26.0. The number of nitrogens with zero attached hydrogens (tertiary/aromatic N) is 2. The summed E-state index contributed by atoms with van der Waals surface area (Å²) < 4.78 is 9.98. The zero-order valence-electron chi connectivity index (χ0n) is 44.4. The van der Waals surface area contributed by atoms with E-state index >= 15 is 0 Å². The van der Waals surface area contributed by atoms with Crippen molar-refractivity contribution in [1.29, 1.82) is 0 Å². The Morgan fingerprint density at radius 1 is 0.500 bits per heavy atom. The summed E-state index contributed by atoms with van der Waals surface area (Å²) in [7, 11) is 0. The summed E-state index contributed by atoms with van der Waals surface area (Å²) in [6.45, 7) is 6.94. The van der Waals surface area contributed by atoms with Crippen molar-refractivity contribution >= 4 is 100 Å². The summed E-state index contributed by atoms with van der Waals surface area (Å²) >= 11 is 0. The maximum absolute atomic E-state index is 7.14. The third kappa shape index (κ3) is 6.19. The highest BCUT2D eigenvalue weighted by Gasteiger charge is 2.48. The van der Waals surface area contributed by atoms with Crippen molar-refractivity contribution in [1.82, 2.24) is 4.48 Å². The van der Waals surface area contributed by atoms with Gasteiger partial charge < -0.3 is 13.8 Å². The molecule has 76 heavy (non-hydrogen) atoms. The van der Waals surface area contributed by atoms with Gasteiger partial charge in [-0.1, -0.05) is 163 Å². The van der Waals surface area contributed by atoms with Crippen molar-refractivity contribution in [3.63, 3.8) is 0 Å². The highest BCUT2D eigenvalue weighted by molar-refractivity contribution is 6.90. The minimum Gasteiger partial charge on any atom is -0.456 e. The largest absolute Gasteiger partial charge is 0.456 e. The van der Waals surface area contributed by atoms with E-state index in [0.717, 1.165) is 33.8 Å². The lowest BCUT2D eigenvalue weighted by Gasteiger charge is -2.46. The molecule has 0 unspecified atom stereocenters. The zero-order valence-corrected chi connectivity index (χ0v) is 44.4. The molecular weight excluding hydrogens is 920 g/mol. The van der Waals surface area contributed by atoms with E-state index in [1.54, 1.807) is 11.1 Å². The third-order valence-corrected chi connectivity index (χ3v) is 20.9. The van der Waals surface area contributed by atoms with E-state index in [1.807, 2.05) is 0 Å². The maximum atomic E-state index is 7.14. The first-order chi connectivity index (χ1) is 37.2. The Morgan fingerprint density at radius 3 is 1.88 bits per heavy atom. The van der Waals surface area contributed by atoms with Crippen LogP contribution in [0, 0.1) is 11.8 Å². The molecule has 4 bridgehead atoms. The van der Waals surface area contributed by atoms with Crippen LogP contribution in [-0.4, -0.2) is 11.3 Å². The van der Waals surface area contributed by atoms with Gasteiger partial charge in [-0.15, -0.1) is 0 Å². The SMILES string of the molecule is CC(C)(C)c1ccc(N2c3cc4c(cc3B3c5c(cc6ccccc6c52)-c2cc(C56CCCC(CCC5)C6)cc5c6cc(C78CCCC(CCC7)C8)ccc6n3c25)oc2cc3ccccc3cc24)c(-c2ccccc2)c1. The van der Waals surface area contributed by atoms with Crippen LogP contribution in [0.4, 0.5) is 17.1 Å². The normalized spacial score (nSPS) is 22.8. The van der Waals surface area contributed by atoms with Gasteiger partial charge in [0.05, 0.1) is 11.4 Å². The Bertz CT molecular complexity index is 4260. The quantitative estimate of drug-likeness (QED) is 0.164. The van der Waals surface area contributed by atoms with Crippen molar-refractivity contribution in [3.8, 4) is 22.3 Å². The molecule has 0 atom stereocenters. The Hall–Kier alpha value is -7.04. The van der Waals surface area contributed by atoms with Gasteiger partial charge in [-0.3, -0.25) is 0 Å². The lowest BCUT2D eigenvalue weighted by atomic mass is 9.44. The highest BCUT2D eigenvalue weighted by Crippen LogP contribution is 2.57. The van der Waals surface area contributed by atoms with Gasteiger partial charge in [-0.25, -0.2) is 0 Å². The molecule has 0 saturated heterocycles. The van der Waals surface area contributed by atoms with E-state index in [9.17, 15) is 0 Å². The molecule has 6 aliphatic rings. The van der Waals surface area contributed by atoms with Gasteiger partial charge in [0.25, 0.3) is 0 Å². The molecule has 9 aromatic carbocycles. The molecule has 0 radical (unpaired) electrons. The van der Waals surface area contributed by atoms with E-state index in [1.165, 1.54) is 189 Å². The molecule has 4 heteroatoms. The Labute approximate surface area is 447 Å². The molecule has 4 saturated carbocycles. The monoisotopic (exact) mass is 985 g/mol. The number of rotatable bonds is 4. The van der Waals surface area contributed by atoms with Crippen LogP contribution in [0.15, 0.2) is 162 Å². The third-order valence-electron chi connectivity index (χ3n) is 20.9. The van der Waals surface area contributed by atoms with Gasteiger partial charge in [0.1, 0.15) is 11.2 Å². The van der Waals surface area contributed by atoms with Crippen molar-refractivity contribution in [2.45, 2.75) is 127 Å². The molecule has 372 valence electrons. The smallest absolute Gasteiger partial charge is 0.333 e. The van der Waals surface area contributed by atoms with Crippen LogP contribution in [0.1, 0.15) is 127 Å². The number of anilines is 3. The summed E-state index contributed by atoms with van der Waals surface area (Å²) in [6, 6.07) is 62.3. The van der Waals surface area contributed by atoms with E-state index in [-0.39, 0.29) is 23.1 Å². The standard InChI is InChI=1S/C72H65BN2O/c1-70(2,3)50-25-27-62(54(36-50)46-19-5-4-6-20-46)74-64-40-57-56-33-47-21-7-8-22-48(47)35-65(56)76-66(57)41-61(64)73-67-58(34-49-23-9-10-24-53(49)69(67)74)60-39-52(72-31-13-17-45(43-72)18-14-32-72)38-59-55-37-51(26-28-63(55)75(73)68(59)60)71-29-11-15-44(42-71)16-12-30-71/h4-10,19-28,33-41,44-45H,11-18,29-32,42-43H2,1-3H3. The molecule has 0 N–H and O–H groups in total. The Kier molecular flexibility index (Phi) is 9.16. The molecule has 17 rings (SSSR count). The second-order valence-corrected chi connectivity index (χ2v) is 26.0.